The van der Waals surface area contributed by atoms with Crippen LogP contribution in [0.25, 0.3) is 0 Å². The van der Waals surface area contributed by atoms with Crippen molar-refractivity contribution in [3.8, 4) is 0 Å². The highest BCUT2D eigenvalue weighted by Gasteiger charge is 2.45. The molecule has 6 heterocycles. The standard InChI is InChI=1S/C42H45F3N8O6/c1-49(2)34-20-29-26(18-32(34)47-37(55)31-4-3-5-35(46-31)42(43,44)45)23-52(39(29)57)22-25-10-14-50(15-11-25)21-24-12-16-51(17-13-24)27-6-7-28-30(19-27)41(59)53(40(28)58)33-8-9-36(54)48-38(33)56/h3-7,18-20,24-25,33H,8-17,21-23H2,1-2H3,(H,47,55)(H,48,54,56). The number of fused-ring (bicyclic) bond motifs is 2. The molecule has 8 rings (SSSR count). The molecule has 3 fully saturated rings. The van der Waals surface area contributed by atoms with Gasteiger partial charge in [-0.25, -0.2) is 4.98 Å². The molecule has 3 saturated heterocycles. The van der Waals surface area contributed by atoms with Crippen molar-refractivity contribution >= 4 is 52.5 Å². The summed E-state index contributed by atoms with van der Waals surface area (Å²) in [6.45, 7) is 5.42. The fraction of sp³-hybridized carbons (Fsp3) is 0.452. The second-order valence-electron chi connectivity index (χ2n) is 16.3. The van der Waals surface area contributed by atoms with Gasteiger partial charge < -0.3 is 24.9 Å². The Balaban J connectivity index is 0.816. The van der Waals surface area contributed by atoms with E-state index in [0.717, 1.165) is 86.7 Å². The minimum atomic E-state index is -4.69. The molecule has 17 heteroatoms. The molecule has 1 aromatic heterocycles. The molecular formula is C42H45F3N8O6. The molecule has 5 aliphatic rings. The van der Waals surface area contributed by atoms with Crippen LogP contribution in [-0.2, 0) is 22.3 Å². The van der Waals surface area contributed by atoms with Gasteiger partial charge >= 0.3 is 6.18 Å². The topological polar surface area (TPSA) is 156 Å². The number of amides is 6. The first-order chi connectivity index (χ1) is 28.1. The molecule has 1 unspecified atom stereocenters. The minimum absolute atomic E-state index is 0.0709. The van der Waals surface area contributed by atoms with Gasteiger partial charge in [-0.05, 0) is 105 Å². The number of likely N-dealkylation sites (tertiary alicyclic amines) is 1. The lowest BCUT2D eigenvalue weighted by Gasteiger charge is -2.39. The van der Waals surface area contributed by atoms with Crippen LogP contribution >= 0.6 is 0 Å². The van der Waals surface area contributed by atoms with E-state index in [4.69, 9.17) is 0 Å². The molecule has 14 nitrogen and oxygen atoms in total. The molecule has 6 amide bonds. The minimum Gasteiger partial charge on any atom is -0.376 e. The highest BCUT2D eigenvalue weighted by Crippen LogP contribution is 2.36. The molecule has 310 valence electrons. The van der Waals surface area contributed by atoms with E-state index in [1.165, 1.54) is 6.07 Å². The summed E-state index contributed by atoms with van der Waals surface area (Å²) in [6, 6.07) is 10.9. The predicted molar refractivity (Wildman–Crippen MR) is 210 cm³/mol. The van der Waals surface area contributed by atoms with E-state index in [-0.39, 0.29) is 35.6 Å². The molecule has 0 aliphatic carbocycles. The van der Waals surface area contributed by atoms with Crippen LogP contribution in [-0.4, -0.2) is 115 Å². The Morgan fingerprint density at radius 2 is 1.53 bits per heavy atom. The summed E-state index contributed by atoms with van der Waals surface area (Å²) in [6.07, 6.45) is -0.657. The van der Waals surface area contributed by atoms with Gasteiger partial charge in [-0.2, -0.15) is 13.2 Å². The first kappa shape index (κ1) is 40.0. The number of piperidine rings is 3. The Hall–Kier alpha value is -5.84. The van der Waals surface area contributed by atoms with Crippen LogP contribution < -0.4 is 20.4 Å². The lowest BCUT2D eigenvalue weighted by atomic mass is 9.92. The lowest BCUT2D eigenvalue weighted by Crippen LogP contribution is -2.54. The summed E-state index contributed by atoms with van der Waals surface area (Å²) in [5, 5.41) is 4.94. The van der Waals surface area contributed by atoms with Crippen LogP contribution in [0.3, 0.4) is 0 Å². The Morgan fingerprint density at radius 3 is 2.22 bits per heavy atom. The maximum atomic E-state index is 13.6. The predicted octanol–water partition coefficient (Wildman–Crippen LogP) is 4.40. The monoisotopic (exact) mass is 814 g/mol. The van der Waals surface area contributed by atoms with Crippen molar-refractivity contribution in [2.75, 3.05) is 68.5 Å². The van der Waals surface area contributed by atoms with Crippen LogP contribution in [0.1, 0.15) is 91.3 Å². The number of hydrogen-bond acceptors (Lipinski definition) is 10. The summed E-state index contributed by atoms with van der Waals surface area (Å²) in [4.78, 5) is 89.9. The van der Waals surface area contributed by atoms with Crippen molar-refractivity contribution in [2.24, 2.45) is 11.8 Å². The zero-order valence-electron chi connectivity index (χ0n) is 32.8. The summed E-state index contributed by atoms with van der Waals surface area (Å²) >= 11 is 0. The molecule has 0 spiro atoms. The van der Waals surface area contributed by atoms with Gasteiger partial charge in [-0.3, -0.25) is 39.0 Å². The van der Waals surface area contributed by atoms with Crippen molar-refractivity contribution in [3.63, 3.8) is 0 Å². The zero-order chi connectivity index (χ0) is 41.7. The molecule has 1 atom stereocenters. The number of carbonyl (C=O) groups is 6. The van der Waals surface area contributed by atoms with Crippen molar-refractivity contribution in [1.29, 1.82) is 0 Å². The lowest BCUT2D eigenvalue weighted by molar-refractivity contribution is -0.141. The molecule has 0 saturated carbocycles. The molecule has 2 aromatic carbocycles. The number of carbonyl (C=O) groups excluding carboxylic acids is 6. The Kier molecular flexibility index (Phi) is 10.7. The van der Waals surface area contributed by atoms with Gasteiger partial charge in [0.25, 0.3) is 23.6 Å². The molecule has 2 N–H and O–H groups in total. The van der Waals surface area contributed by atoms with Gasteiger partial charge in [-0.1, -0.05) is 6.07 Å². The van der Waals surface area contributed by atoms with E-state index in [2.05, 4.69) is 25.4 Å². The number of alkyl halides is 3. The SMILES string of the molecule is CN(C)c1cc2c(cc1NC(=O)c1cccc(C(F)(F)F)n1)CN(CC1CCN(CC3CCN(c4ccc5c(c4)C(=O)N(C4CCC(=O)NC4=O)C5=O)CC3)CC1)C2=O. The molecule has 5 aliphatic heterocycles. The van der Waals surface area contributed by atoms with Gasteiger partial charge in [0.15, 0.2) is 0 Å². The number of anilines is 3. The quantitative estimate of drug-likeness (QED) is 0.297. The Labute approximate surface area is 338 Å². The van der Waals surface area contributed by atoms with Gasteiger partial charge in [0, 0.05) is 64.5 Å². The number of nitrogens with zero attached hydrogens (tertiary/aromatic N) is 6. The molecule has 0 bridgehead atoms. The molecule has 0 radical (unpaired) electrons. The maximum Gasteiger partial charge on any atom is 0.433 e. The zero-order valence-corrected chi connectivity index (χ0v) is 32.8. The summed E-state index contributed by atoms with van der Waals surface area (Å²) in [5.74, 6) is -2.10. The van der Waals surface area contributed by atoms with E-state index >= 15 is 0 Å². The molecular weight excluding hydrogens is 770 g/mol. The third-order valence-electron chi connectivity index (χ3n) is 12.2. The number of hydrogen-bond donors (Lipinski definition) is 2. The molecule has 59 heavy (non-hydrogen) atoms. The van der Waals surface area contributed by atoms with E-state index in [1.54, 1.807) is 43.3 Å². The smallest absolute Gasteiger partial charge is 0.376 e. The number of aromatic nitrogens is 1. The Morgan fingerprint density at radius 1 is 0.831 bits per heavy atom. The van der Waals surface area contributed by atoms with E-state index in [9.17, 15) is 41.9 Å². The van der Waals surface area contributed by atoms with Crippen LogP contribution in [0.4, 0.5) is 30.2 Å². The second kappa shape index (κ2) is 15.7. The van der Waals surface area contributed by atoms with E-state index in [1.807, 2.05) is 11.0 Å². The van der Waals surface area contributed by atoms with E-state index in [0.29, 0.717) is 41.9 Å². The van der Waals surface area contributed by atoms with Crippen LogP contribution in [0.15, 0.2) is 48.5 Å². The normalized spacial score (nSPS) is 20.6. The summed E-state index contributed by atoms with van der Waals surface area (Å²) in [7, 11) is 3.52. The highest BCUT2D eigenvalue weighted by molar-refractivity contribution is 6.23. The average molecular weight is 815 g/mol. The van der Waals surface area contributed by atoms with Crippen LogP contribution in [0, 0.1) is 11.8 Å². The third-order valence-corrected chi connectivity index (χ3v) is 12.2. The first-order valence-electron chi connectivity index (χ1n) is 20.0. The third kappa shape index (κ3) is 7.99. The number of rotatable bonds is 9. The van der Waals surface area contributed by atoms with Gasteiger partial charge in [0.2, 0.25) is 11.8 Å². The Bertz CT molecular complexity index is 2230. The fourth-order valence-electron chi connectivity index (χ4n) is 8.99. The number of pyridine rings is 1. The van der Waals surface area contributed by atoms with Gasteiger partial charge in [0.05, 0.1) is 22.5 Å². The van der Waals surface area contributed by atoms with Gasteiger partial charge in [-0.15, -0.1) is 0 Å². The molecule has 3 aromatic rings. The van der Waals surface area contributed by atoms with Crippen LogP contribution in [0.5, 0.6) is 0 Å². The number of imide groups is 2. The van der Waals surface area contributed by atoms with Crippen LogP contribution in [0.2, 0.25) is 0 Å². The summed E-state index contributed by atoms with van der Waals surface area (Å²) in [5.41, 5.74) is 2.11. The van der Waals surface area contributed by atoms with Crippen molar-refractivity contribution in [1.82, 2.24) is 25.0 Å². The number of benzene rings is 2. The van der Waals surface area contributed by atoms with Crippen molar-refractivity contribution in [3.05, 3.63) is 82.2 Å². The fourth-order valence-corrected chi connectivity index (χ4v) is 8.99. The van der Waals surface area contributed by atoms with Gasteiger partial charge in [0.1, 0.15) is 17.4 Å². The van der Waals surface area contributed by atoms with E-state index < -0.39 is 47.4 Å². The largest absolute Gasteiger partial charge is 0.433 e. The average Bonchev–Trinajstić information content (AvgIpc) is 3.64. The summed E-state index contributed by atoms with van der Waals surface area (Å²) < 4.78 is 39.7. The van der Waals surface area contributed by atoms with Crippen molar-refractivity contribution in [2.45, 2.75) is 57.3 Å². The second-order valence-corrected chi connectivity index (χ2v) is 16.3. The number of nitrogens with one attached hydrogen (secondary N) is 2. The highest BCUT2D eigenvalue weighted by atomic mass is 19.4. The van der Waals surface area contributed by atoms with Crippen molar-refractivity contribution < 1.29 is 41.9 Å². The maximum absolute atomic E-state index is 13.6. The first-order valence-corrected chi connectivity index (χ1v) is 20.0. The number of halogens is 3.